The van der Waals surface area contributed by atoms with Crippen LogP contribution in [0.2, 0.25) is 0 Å². The van der Waals surface area contributed by atoms with Crippen molar-refractivity contribution in [1.82, 2.24) is 0 Å². The van der Waals surface area contributed by atoms with Crippen molar-refractivity contribution in [3.8, 4) is 22.6 Å². The van der Waals surface area contributed by atoms with Crippen molar-refractivity contribution < 1.29 is 22.6 Å². The molecule has 0 saturated heterocycles. The Labute approximate surface area is 168 Å². The highest BCUT2D eigenvalue weighted by molar-refractivity contribution is 5.64. The molecule has 0 amide bonds. The van der Waals surface area contributed by atoms with Crippen LogP contribution in [0.15, 0.2) is 54.6 Å². The second-order valence-electron chi connectivity index (χ2n) is 6.66. The highest BCUT2D eigenvalue weighted by Gasteiger charge is 2.14. The van der Waals surface area contributed by atoms with Gasteiger partial charge in [-0.2, -0.15) is 4.39 Å². The van der Waals surface area contributed by atoms with Gasteiger partial charge in [-0.1, -0.05) is 49.7 Å². The van der Waals surface area contributed by atoms with Crippen LogP contribution in [-0.4, -0.2) is 6.61 Å². The fraction of sp³-hybridized carbons (Fsp3) is 0.250. The fourth-order valence-corrected chi connectivity index (χ4v) is 3.05. The number of benzene rings is 3. The maximum atomic E-state index is 14.2. The van der Waals surface area contributed by atoms with Crippen molar-refractivity contribution in [2.75, 3.05) is 6.61 Å². The number of aryl methyl sites for hydroxylation is 1. The molecule has 2 nitrogen and oxygen atoms in total. The van der Waals surface area contributed by atoms with Gasteiger partial charge in [0.15, 0.2) is 23.1 Å². The molecule has 5 heteroatoms. The monoisotopic (exact) mass is 400 g/mol. The molecule has 0 radical (unpaired) electrons. The molecule has 3 rings (SSSR count). The van der Waals surface area contributed by atoms with E-state index in [0.29, 0.717) is 18.6 Å². The summed E-state index contributed by atoms with van der Waals surface area (Å²) >= 11 is 0. The van der Waals surface area contributed by atoms with Gasteiger partial charge in [-0.3, -0.25) is 0 Å². The molecule has 3 aromatic carbocycles. The third-order valence-electron chi connectivity index (χ3n) is 4.56. The quantitative estimate of drug-likeness (QED) is 0.419. The first-order chi connectivity index (χ1) is 14.0. The smallest absolute Gasteiger partial charge is 0.200 e. The predicted molar refractivity (Wildman–Crippen MR) is 108 cm³/mol. The Hall–Kier alpha value is -2.95. The van der Waals surface area contributed by atoms with Gasteiger partial charge in [-0.25, -0.2) is 8.78 Å². The first kappa shape index (κ1) is 20.8. The van der Waals surface area contributed by atoms with E-state index in [1.807, 2.05) is 31.2 Å². The van der Waals surface area contributed by atoms with Crippen LogP contribution in [0.1, 0.15) is 31.4 Å². The van der Waals surface area contributed by atoms with E-state index in [9.17, 15) is 13.2 Å². The average molecular weight is 400 g/mol. The summed E-state index contributed by atoms with van der Waals surface area (Å²) in [5.74, 6) is -2.11. The van der Waals surface area contributed by atoms with Crippen LogP contribution in [0, 0.1) is 17.5 Å². The Morgan fingerprint density at radius 3 is 2.07 bits per heavy atom. The minimum absolute atomic E-state index is 0.0986. The molecule has 0 aliphatic heterocycles. The van der Waals surface area contributed by atoms with E-state index in [4.69, 9.17) is 9.47 Å². The highest BCUT2D eigenvalue weighted by atomic mass is 19.2. The summed E-state index contributed by atoms with van der Waals surface area (Å²) < 4.78 is 52.9. The zero-order valence-corrected chi connectivity index (χ0v) is 16.5. The van der Waals surface area contributed by atoms with Crippen LogP contribution < -0.4 is 9.47 Å². The Morgan fingerprint density at radius 1 is 0.724 bits per heavy atom. The third-order valence-corrected chi connectivity index (χ3v) is 4.56. The van der Waals surface area contributed by atoms with E-state index in [1.54, 1.807) is 25.1 Å². The normalized spacial score (nSPS) is 10.8. The molecule has 0 atom stereocenters. The Morgan fingerprint density at radius 2 is 1.41 bits per heavy atom. The number of hydrogen-bond donors (Lipinski definition) is 0. The lowest BCUT2D eigenvalue weighted by molar-refractivity contribution is 0.284. The van der Waals surface area contributed by atoms with E-state index in [0.717, 1.165) is 23.1 Å². The van der Waals surface area contributed by atoms with Crippen LogP contribution in [0.4, 0.5) is 13.2 Å². The van der Waals surface area contributed by atoms with Gasteiger partial charge in [0.2, 0.25) is 5.82 Å². The van der Waals surface area contributed by atoms with Crippen molar-refractivity contribution in [3.63, 3.8) is 0 Å². The number of hydrogen-bond acceptors (Lipinski definition) is 2. The zero-order valence-electron chi connectivity index (χ0n) is 16.5. The molecule has 29 heavy (non-hydrogen) atoms. The lowest BCUT2D eigenvalue weighted by atomic mass is 10.0. The van der Waals surface area contributed by atoms with Gasteiger partial charge in [0, 0.05) is 0 Å². The van der Waals surface area contributed by atoms with E-state index in [1.165, 1.54) is 12.1 Å². The predicted octanol–water partition coefficient (Wildman–Crippen LogP) is 6.70. The van der Waals surface area contributed by atoms with Crippen molar-refractivity contribution in [2.24, 2.45) is 0 Å². The molecule has 0 aromatic heterocycles. The second kappa shape index (κ2) is 9.50. The van der Waals surface area contributed by atoms with Crippen molar-refractivity contribution in [3.05, 3.63) is 83.2 Å². The van der Waals surface area contributed by atoms with E-state index in [2.05, 4.69) is 0 Å². The van der Waals surface area contributed by atoms with Gasteiger partial charge in [0.1, 0.15) is 6.61 Å². The Kier molecular flexibility index (Phi) is 6.81. The van der Waals surface area contributed by atoms with Crippen LogP contribution in [-0.2, 0) is 13.0 Å². The van der Waals surface area contributed by atoms with Gasteiger partial charge < -0.3 is 9.47 Å². The minimum Gasteiger partial charge on any atom is -0.491 e. The Bertz CT molecular complexity index is 969. The Balaban J connectivity index is 1.68. The lowest BCUT2D eigenvalue weighted by Gasteiger charge is -2.11. The van der Waals surface area contributed by atoms with Crippen LogP contribution >= 0.6 is 0 Å². The fourth-order valence-electron chi connectivity index (χ4n) is 3.05. The molecule has 0 N–H and O–H groups in total. The van der Waals surface area contributed by atoms with E-state index in [-0.39, 0.29) is 18.1 Å². The van der Waals surface area contributed by atoms with Gasteiger partial charge in [0.05, 0.1) is 6.61 Å². The number of ether oxygens (including phenoxy) is 2. The van der Waals surface area contributed by atoms with Crippen molar-refractivity contribution >= 4 is 0 Å². The average Bonchev–Trinajstić information content (AvgIpc) is 2.73. The maximum Gasteiger partial charge on any atom is 0.200 e. The van der Waals surface area contributed by atoms with E-state index >= 15 is 0 Å². The topological polar surface area (TPSA) is 18.5 Å². The lowest BCUT2D eigenvalue weighted by Crippen LogP contribution is -2.01. The van der Waals surface area contributed by atoms with Gasteiger partial charge in [-0.15, -0.1) is 0 Å². The zero-order chi connectivity index (χ0) is 20.8. The summed E-state index contributed by atoms with van der Waals surface area (Å²) in [7, 11) is 0. The third kappa shape index (κ3) is 4.91. The highest BCUT2D eigenvalue weighted by Crippen LogP contribution is 2.27. The molecule has 0 aliphatic rings. The summed E-state index contributed by atoms with van der Waals surface area (Å²) in [5.41, 5.74) is 2.69. The molecule has 3 aromatic rings. The molecular formula is C24H23F3O2. The summed E-state index contributed by atoms with van der Waals surface area (Å²) in [4.78, 5) is 0. The first-order valence-corrected chi connectivity index (χ1v) is 9.64. The number of halogens is 3. The van der Waals surface area contributed by atoms with Gasteiger partial charge >= 0.3 is 0 Å². The number of rotatable bonds is 8. The molecule has 0 spiro atoms. The molecule has 0 bridgehead atoms. The molecular weight excluding hydrogens is 377 g/mol. The van der Waals surface area contributed by atoms with Crippen molar-refractivity contribution in [1.29, 1.82) is 0 Å². The first-order valence-electron chi connectivity index (χ1n) is 9.64. The van der Waals surface area contributed by atoms with Gasteiger partial charge in [0.25, 0.3) is 0 Å². The minimum atomic E-state index is -0.961. The van der Waals surface area contributed by atoms with Crippen molar-refractivity contribution in [2.45, 2.75) is 33.3 Å². The van der Waals surface area contributed by atoms with E-state index < -0.39 is 17.5 Å². The van der Waals surface area contributed by atoms with Crippen LogP contribution in [0.25, 0.3) is 11.1 Å². The molecule has 0 aliphatic carbocycles. The molecule has 0 saturated carbocycles. The summed E-state index contributed by atoms with van der Waals surface area (Å²) in [6.07, 6.45) is 1.22. The summed E-state index contributed by atoms with van der Waals surface area (Å²) in [5, 5.41) is 0. The molecule has 0 heterocycles. The molecule has 0 fully saturated rings. The van der Waals surface area contributed by atoms with Crippen LogP contribution in [0.5, 0.6) is 11.5 Å². The summed E-state index contributed by atoms with van der Waals surface area (Å²) in [6.45, 7) is 4.21. The maximum absolute atomic E-state index is 14.2. The second-order valence-corrected chi connectivity index (χ2v) is 6.66. The SMILES string of the molecule is CCCc1ccc(OCc2ccc(-c3ccc(OCC)c(F)c3)cc2)c(F)c1F. The largest absolute Gasteiger partial charge is 0.491 e. The van der Waals surface area contributed by atoms with Gasteiger partial charge in [-0.05, 0) is 53.8 Å². The molecule has 152 valence electrons. The standard InChI is InChI=1S/C24H23F3O2/c1-3-5-18-10-13-22(24(27)23(18)26)29-15-16-6-8-17(9-7-16)19-11-12-21(28-4-2)20(25)14-19/h6-14H,3-5,15H2,1-2H3. The van der Waals surface area contributed by atoms with Crippen LogP contribution in [0.3, 0.4) is 0 Å². The summed E-state index contributed by atoms with van der Waals surface area (Å²) in [6, 6.07) is 15.1. The molecule has 0 unspecified atom stereocenters.